The lowest BCUT2D eigenvalue weighted by molar-refractivity contribution is 0.190. The monoisotopic (exact) mass is 321 g/mol. The molecule has 1 fully saturated rings. The number of nitrogens with zero attached hydrogens (tertiary/aromatic N) is 6. The Morgan fingerprint density at radius 1 is 1.36 bits per heavy atom. The molecule has 3 heterocycles. The molecule has 118 valence electrons. The Kier molecular flexibility index (Phi) is 4.23. The molecule has 9 heteroatoms. The highest BCUT2D eigenvalue weighted by atomic mass is 32.1. The number of rotatable bonds is 3. The molecule has 0 aliphatic carbocycles. The Labute approximate surface area is 132 Å². The molecule has 1 atom stereocenters. The van der Waals surface area contributed by atoms with Crippen molar-refractivity contribution in [2.75, 3.05) is 31.1 Å². The minimum Gasteiger partial charge on any atom is -0.360 e. The molecular formula is C13H19N7OS. The van der Waals surface area contributed by atoms with Gasteiger partial charge in [-0.05, 0) is 34.9 Å². The Morgan fingerprint density at radius 2 is 2.14 bits per heavy atom. The fraction of sp³-hybridized carbons (Fsp3) is 0.538. The number of aryl methyl sites for hydroxylation is 1. The van der Waals surface area contributed by atoms with Crippen LogP contribution in [-0.2, 0) is 7.05 Å². The second kappa shape index (κ2) is 6.30. The van der Waals surface area contributed by atoms with Crippen LogP contribution in [0.3, 0.4) is 0 Å². The van der Waals surface area contributed by atoms with Crippen molar-refractivity contribution >= 4 is 22.4 Å². The van der Waals surface area contributed by atoms with Crippen LogP contribution in [0.5, 0.6) is 0 Å². The van der Waals surface area contributed by atoms with E-state index in [1.165, 1.54) is 5.00 Å². The summed E-state index contributed by atoms with van der Waals surface area (Å²) in [7, 11) is 1.76. The van der Waals surface area contributed by atoms with Gasteiger partial charge in [0.05, 0.1) is 11.0 Å². The van der Waals surface area contributed by atoms with Crippen LogP contribution in [0.15, 0.2) is 17.5 Å². The highest BCUT2D eigenvalue weighted by Crippen LogP contribution is 2.22. The summed E-state index contributed by atoms with van der Waals surface area (Å²) in [5.74, 6) is 0.644. The van der Waals surface area contributed by atoms with Gasteiger partial charge in [-0.3, -0.25) is 0 Å². The summed E-state index contributed by atoms with van der Waals surface area (Å²) in [5.41, 5.74) is 0. The third-order valence-electron chi connectivity index (χ3n) is 3.76. The summed E-state index contributed by atoms with van der Waals surface area (Å²) in [6.07, 6.45) is 0. The van der Waals surface area contributed by atoms with Gasteiger partial charge in [-0.15, -0.1) is 16.4 Å². The lowest BCUT2D eigenvalue weighted by atomic mass is 10.3. The number of urea groups is 1. The maximum atomic E-state index is 12.3. The van der Waals surface area contributed by atoms with Crippen LogP contribution in [0.2, 0.25) is 0 Å². The largest absolute Gasteiger partial charge is 0.360 e. The average Bonchev–Trinajstić information content (AvgIpc) is 3.18. The number of nitrogens with one attached hydrogen (secondary N) is 1. The zero-order valence-corrected chi connectivity index (χ0v) is 13.5. The number of hydrogen-bond acceptors (Lipinski definition) is 6. The van der Waals surface area contributed by atoms with Crippen molar-refractivity contribution in [3.8, 4) is 0 Å². The zero-order valence-electron chi connectivity index (χ0n) is 12.6. The Morgan fingerprint density at radius 3 is 2.73 bits per heavy atom. The fourth-order valence-corrected chi connectivity index (χ4v) is 3.31. The molecule has 1 N–H and O–H groups in total. The molecule has 1 aliphatic rings. The van der Waals surface area contributed by atoms with E-state index in [9.17, 15) is 4.79 Å². The van der Waals surface area contributed by atoms with Crippen LogP contribution in [0.4, 0.5) is 9.80 Å². The standard InChI is InChI=1S/C13H19N7OS/c1-10(12-15-16-17-18(12)2)14-13(21)20-7-5-19(6-8-20)11-4-3-9-22-11/h3-4,9-10H,5-8H2,1-2H3,(H,14,21)/t10-/m1/s1. The molecule has 2 amide bonds. The van der Waals surface area contributed by atoms with Gasteiger partial charge in [0.1, 0.15) is 0 Å². The van der Waals surface area contributed by atoms with Crippen molar-refractivity contribution in [1.82, 2.24) is 30.4 Å². The molecule has 1 aliphatic heterocycles. The number of amides is 2. The molecule has 8 nitrogen and oxygen atoms in total. The number of piperazine rings is 1. The van der Waals surface area contributed by atoms with E-state index in [4.69, 9.17) is 0 Å². The molecule has 22 heavy (non-hydrogen) atoms. The third-order valence-corrected chi connectivity index (χ3v) is 4.69. The summed E-state index contributed by atoms with van der Waals surface area (Å²) < 4.78 is 1.57. The van der Waals surface area contributed by atoms with E-state index in [-0.39, 0.29) is 12.1 Å². The third kappa shape index (κ3) is 3.03. The van der Waals surface area contributed by atoms with Crippen LogP contribution >= 0.6 is 11.3 Å². The highest BCUT2D eigenvalue weighted by Gasteiger charge is 2.24. The quantitative estimate of drug-likeness (QED) is 0.907. The topological polar surface area (TPSA) is 79.2 Å². The van der Waals surface area contributed by atoms with Crippen LogP contribution in [0, 0.1) is 0 Å². The number of carbonyl (C=O) groups is 1. The van der Waals surface area contributed by atoms with Gasteiger partial charge in [-0.25, -0.2) is 9.48 Å². The molecule has 0 spiro atoms. The van der Waals surface area contributed by atoms with Gasteiger partial charge in [-0.2, -0.15) is 0 Å². The van der Waals surface area contributed by atoms with Crippen molar-refractivity contribution in [2.45, 2.75) is 13.0 Å². The first-order valence-electron chi connectivity index (χ1n) is 7.21. The summed E-state index contributed by atoms with van der Waals surface area (Å²) in [6.45, 7) is 5.02. The van der Waals surface area contributed by atoms with E-state index in [0.29, 0.717) is 18.9 Å². The van der Waals surface area contributed by atoms with Crippen LogP contribution in [-0.4, -0.2) is 57.3 Å². The Hall–Kier alpha value is -2.16. The predicted molar refractivity (Wildman–Crippen MR) is 83.8 cm³/mol. The molecule has 3 rings (SSSR count). The lowest BCUT2D eigenvalue weighted by Gasteiger charge is -2.35. The second-order valence-corrected chi connectivity index (χ2v) is 6.18. The van der Waals surface area contributed by atoms with Gasteiger partial charge in [0, 0.05) is 33.2 Å². The van der Waals surface area contributed by atoms with E-state index in [2.05, 4.69) is 43.3 Å². The van der Waals surface area contributed by atoms with Gasteiger partial charge in [0.2, 0.25) is 0 Å². The minimum absolute atomic E-state index is 0.0682. The van der Waals surface area contributed by atoms with E-state index in [1.54, 1.807) is 23.1 Å². The van der Waals surface area contributed by atoms with Gasteiger partial charge in [0.25, 0.3) is 0 Å². The van der Waals surface area contributed by atoms with Crippen LogP contribution in [0.1, 0.15) is 18.8 Å². The number of hydrogen-bond donors (Lipinski definition) is 1. The maximum Gasteiger partial charge on any atom is 0.318 e. The zero-order chi connectivity index (χ0) is 15.5. The molecule has 1 saturated heterocycles. The van der Waals surface area contributed by atoms with Crippen molar-refractivity contribution in [2.24, 2.45) is 7.05 Å². The summed E-state index contributed by atoms with van der Waals surface area (Å²) in [5, 5.41) is 17.6. The minimum atomic E-state index is -0.220. The first-order valence-corrected chi connectivity index (χ1v) is 8.09. The first-order chi connectivity index (χ1) is 10.6. The lowest BCUT2D eigenvalue weighted by Crippen LogP contribution is -2.52. The molecule has 0 bridgehead atoms. The second-order valence-electron chi connectivity index (χ2n) is 5.26. The summed E-state index contributed by atoms with van der Waals surface area (Å²) in [6, 6.07) is 3.88. The molecule has 2 aromatic rings. The van der Waals surface area contributed by atoms with E-state index < -0.39 is 0 Å². The Bertz CT molecular complexity index is 618. The smallest absolute Gasteiger partial charge is 0.318 e. The molecule has 0 radical (unpaired) electrons. The average molecular weight is 321 g/mol. The van der Waals surface area contributed by atoms with E-state index >= 15 is 0 Å². The van der Waals surface area contributed by atoms with Crippen molar-refractivity contribution in [3.05, 3.63) is 23.3 Å². The fourth-order valence-electron chi connectivity index (χ4n) is 2.52. The van der Waals surface area contributed by atoms with Gasteiger partial charge < -0.3 is 15.1 Å². The van der Waals surface area contributed by atoms with Crippen LogP contribution < -0.4 is 10.2 Å². The van der Waals surface area contributed by atoms with E-state index in [1.807, 2.05) is 11.8 Å². The molecule has 0 saturated carbocycles. The summed E-state index contributed by atoms with van der Waals surface area (Å²) in [4.78, 5) is 16.5. The van der Waals surface area contributed by atoms with Gasteiger partial charge in [-0.1, -0.05) is 0 Å². The van der Waals surface area contributed by atoms with Gasteiger partial charge >= 0.3 is 6.03 Å². The number of anilines is 1. The summed E-state index contributed by atoms with van der Waals surface area (Å²) >= 11 is 1.73. The van der Waals surface area contributed by atoms with Gasteiger partial charge in [0.15, 0.2) is 5.82 Å². The maximum absolute atomic E-state index is 12.3. The molecule has 2 aromatic heterocycles. The number of thiophene rings is 1. The molecule has 0 aromatic carbocycles. The number of aromatic nitrogens is 4. The highest BCUT2D eigenvalue weighted by molar-refractivity contribution is 7.14. The number of tetrazole rings is 1. The van der Waals surface area contributed by atoms with Crippen molar-refractivity contribution < 1.29 is 4.79 Å². The van der Waals surface area contributed by atoms with Crippen LogP contribution in [0.25, 0.3) is 0 Å². The normalized spacial score (nSPS) is 16.6. The van der Waals surface area contributed by atoms with Crippen molar-refractivity contribution in [3.63, 3.8) is 0 Å². The van der Waals surface area contributed by atoms with E-state index in [0.717, 1.165) is 13.1 Å². The predicted octanol–water partition coefficient (Wildman–Crippen LogP) is 0.864. The number of carbonyl (C=O) groups excluding carboxylic acids is 1. The molecular weight excluding hydrogens is 302 g/mol. The van der Waals surface area contributed by atoms with Crippen molar-refractivity contribution in [1.29, 1.82) is 0 Å². The first kappa shape index (κ1) is 14.8. The SMILES string of the molecule is C[C@@H](NC(=O)N1CCN(c2cccs2)CC1)c1nnnn1C. The molecule has 0 unspecified atom stereocenters. The Balaban J connectivity index is 1.53.